The van der Waals surface area contributed by atoms with E-state index in [-0.39, 0.29) is 11.9 Å². The highest BCUT2D eigenvalue weighted by molar-refractivity contribution is 5.75. The molecule has 0 unspecified atom stereocenters. The maximum atomic E-state index is 12.2. The van der Waals surface area contributed by atoms with Crippen molar-refractivity contribution in [1.29, 1.82) is 5.26 Å². The summed E-state index contributed by atoms with van der Waals surface area (Å²) >= 11 is 0. The van der Waals surface area contributed by atoms with E-state index < -0.39 is 12.3 Å². The van der Waals surface area contributed by atoms with E-state index in [1.54, 1.807) is 12.0 Å². The average molecular weight is 301 g/mol. The number of hydrogen-bond donors (Lipinski definition) is 0. The third-order valence-corrected chi connectivity index (χ3v) is 4.36. The summed E-state index contributed by atoms with van der Waals surface area (Å²) in [7, 11) is 1.60. The van der Waals surface area contributed by atoms with E-state index in [1.165, 1.54) is 6.92 Å². The lowest BCUT2D eigenvalue weighted by Crippen LogP contribution is -2.54. The third kappa shape index (κ3) is 2.60. The number of nitriles is 1. The SMILES string of the molecule is CCN(CC)[C@@H]1c2ccccc2[C@@H](C#N)N(C(C)=O)[C@H]1OC. The zero-order chi connectivity index (χ0) is 16.3. The molecule has 0 aliphatic carbocycles. The fourth-order valence-electron chi connectivity index (χ4n) is 3.36. The number of carbonyl (C=O) groups excluding carboxylic acids is 1. The molecule has 1 amide bonds. The lowest BCUT2D eigenvalue weighted by molar-refractivity contribution is -0.156. The molecule has 1 aromatic rings. The van der Waals surface area contributed by atoms with Crippen LogP contribution >= 0.6 is 0 Å². The Morgan fingerprint density at radius 3 is 2.36 bits per heavy atom. The predicted molar refractivity (Wildman–Crippen MR) is 83.8 cm³/mol. The van der Waals surface area contributed by atoms with Crippen molar-refractivity contribution in [3.05, 3.63) is 35.4 Å². The quantitative estimate of drug-likeness (QED) is 0.857. The minimum Gasteiger partial charge on any atom is -0.359 e. The molecule has 2 rings (SSSR count). The summed E-state index contributed by atoms with van der Waals surface area (Å²) in [5.41, 5.74) is 1.97. The van der Waals surface area contributed by atoms with Crippen LogP contribution < -0.4 is 0 Å². The third-order valence-electron chi connectivity index (χ3n) is 4.36. The van der Waals surface area contributed by atoms with Gasteiger partial charge in [-0.05, 0) is 24.2 Å². The molecule has 0 fully saturated rings. The van der Waals surface area contributed by atoms with Crippen LogP contribution in [0.3, 0.4) is 0 Å². The Hall–Kier alpha value is -1.90. The number of fused-ring (bicyclic) bond motifs is 1. The molecule has 1 heterocycles. The second kappa shape index (κ2) is 6.91. The van der Waals surface area contributed by atoms with Crippen molar-refractivity contribution in [3.8, 4) is 6.07 Å². The summed E-state index contributed by atoms with van der Waals surface area (Å²) in [5.74, 6) is -0.148. The highest BCUT2D eigenvalue weighted by Crippen LogP contribution is 2.41. The van der Waals surface area contributed by atoms with Gasteiger partial charge in [-0.15, -0.1) is 0 Å². The van der Waals surface area contributed by atoms with Crippen LogP contribution in [0.4, 0.5) is 0 Å². The Morgan fingerprint density at radius 2 is 1.91 bits per heavy atom. The number of carbonyl (C=O) groups is 1. The molecule has 5 heteroatoms. The van der Waals surface area contributed by atoms with Crippen molar-refractivity contribution in [2.24, 2.45) is 0 Å². The average Bonchev–Trinajstić information content (AvgIpc) is 2.54. The van der Waals surface area contributed by atoms with E-state index >= 15 is 0 Å². The van der Waals surface area contributed by atoms with Gasteiger partial charge in [0.15, 0.2) is 6.23 Å². The van der Waals surface area contributed by atoms with Gasteiger partial charge in [0.2, 0.25) is 5.91 Å². The summed E-state index contributed by atoms with van der Waals surface area (Å²) in [6, 6.07) is 9.44. The van der Waals surface area contributed by atoms with Crippen molar-refractivity contribution >= 4 is 5.91 Å². The summed E-state index contributed by atoms with van der Waals surface area (Å²) in [6.07, 6.45) is -0.461. The van der Waals surface area contributed by atoms with Crippen LogP contribution in [-0.2, 0) is 9.53 Å². The number of rotatable bonds is 4. The van der Waals surface area contributed by atoms with Crippen LogP contribution in [0.2, 0.25) is 0 Å². The van der Waals surface area contributed by atoms with Gasteiger partial charge >= 0.3 is 0 Å². The molecule has 0 saturated heterocycles. The number of hydrogen-bond acceptors (Lipinski definition) is 4. The molecule has 22 heavy (non-hydrogen) atoms. The minimum absolute atomic E-state index is 0.0651. The van der Waals surface area contributed by atoms with Gasteiger partial charge in [0, 0.05) is 14.0 Å². The second-order valence-corrected chi connectivity index (χ2v) is 5.38. The van der Waals surface area contributed by atoms with Gasteiger partial charge in [0.25, 0.3) is 0 Å². The van der Waals surface area contributed by atoms with Crippen LogP contribution in [0, 0.1) is 11.3 Å². The minimum atomic E-state index is -0.606. The highest BCUT2D eigenvalue weighted by atomic mass is 16.5. The van der Waals surface area contributed by atoms with E-state index in [1.807, 2.05) is 24.3 Å². The zero-order valence-corrected chi connectivity index (χ0v) is 13.6. The number of methoxy groups -OCH3 is 1. The first kappa shape index (κ1) is 16.5. The van der Waals surface area contributed by atoms with Gasteiger partial charge in [-0.1, -0.05) is 38.1 Å². The van der Waals surface area contributed by atoms with Gasteiger partial charge in [0.1, 0.15) is 6.04 Å². The number of ether oxygens (including phenoxy) is 1. The Morgan fingerprint density at radius 1 is 1.32 bits per heavy atom. The standard InChI is InChI=1S/C17H23N3O2/c1-5-19(6-2)16-14-10-8-7-9-13(14)15(11-18)20(12(3)21)17(16)22-4/h7-10,15-17H,5-6H2,1-4H3/t15-,16-,17+/m1/s1. The molecule has 118 valence electrons. The van der Waals surface area contributed by atoms with Crippen LogP contribution in [0.25, 0.3) is 0 Å². The lowest BCUT2D eigenvalue weighted by Gasteiger charge is -2.47. The molecule has 0 spiro atoms. The molecule has 1 aliphatic heterocycles. The van der Waals surface area contributed by atoms with E-state index in [9.17, 15) is 10.1 Å². The predicted octanol–water partition coefficient (Wildman–Crippen LogP) is 2.47. The van der Waals surface area contributed by atoms with Crippen molar-refractivity contribution in [1.82, 2.24) is 9.80 Å². The molecule has 0 aromatic heterocycles. The maximum Gasteiger partial charge on any atom is 0.222 e. The number of amides is 1. The molecule has 0 radical (unpaired) electrons. The fraction of sp³-hybridized carbons (Fsp3) is 0.529. The van der Waals surface area contributed by atoms with Crippen LogP contribution in [0.5, 0.6) is 0 Å². The largest absolute Gasteiger partial charge is 0.359 e. The molecule has 5 nitrogen and oxygen atoms in total. The second-order valence-electron chi connectivity index (χ2n) is 5.38. The number of benzene rings is 1. The van der Waals surface area contributed by atoms with E-state index in [0.29, 0.717) is 0 Å². The van der Waals surface area contributed by atoms with E-state index in [2.05, 4.69) is 24.8 Å². The van der Waals surface area contributed by atoms with E-state index in [4.69, 9.17) is 4.74 Å². The fourth-order valence-corrected chi connectivity index (χ4v) is 3.36. The summed E-state index contributed by atoms with van der Waals surface area (Å²) in [4.78, 5) is 16.0. The van der Waals surface area contributed by atoms with Crippen molar-refractivity contribution in [3.63, 3.8) is 0 Å². The molecule has 3 atom stereocenters. The first-order valence-corrected chi connectivity index (χ1v) is 7.64. The van der Waals surface area contributed by atoms with E-state index in [0.717, 1.165) is 24.2 Å². The van der Waals surface area contributed by atoms with Crippen molar-refractivity contribution in [2.45, 2.75) is 39.1 Å². The Labute approximate surface area is 132 Å². The van der Waals surface area contributed by atoms with Gasteiger partial charge in [-0.2, -0.15) is 5.26 Å². The summed E-state index contributed by atoms with van der Waals surface area (Å²) in [5, 5.41) is 9.60. The van der Waals surface area contributed by atoms with Gasteiger partial charge in [-0.25, -0.2) is 0 Å². The summed E-state index contributed by atoms with van der Waals surface area (Å²) in [6.45, 7) is 7.36. The number of nitrogens with zero attached hydrogens (tertiary/aromatic N) is 3. The molecular formula is C17H23N3O2. The van der Waals surface area contributed by atoms with Gasteiger partial charge in [0.05, 0.1) is 12.1 Å². The topological polar surface area (TPSA) is 56.6 Å². The monoisotopic (exact) mass is 301 g/mol. The molecule has 0 N–H and O–H groups in total. The first-order chi connectivity index (χ1) is 10.6. The molecular weight excluding hydrogens is 278 g/mol. The molecule has 0 saturated carbocycles. The van der Waals surface area contributed by atoms with Crippen LogP contribution in [0.1, 0.15) is 44.0 Å². The molecule has 1 aromatic carbocycles. The highest BCUT2D eigenvalue weighted by Gasteiger charge is 2.44. The maximum absolute atomic E-state index is 12.2. The Balaban J connectivity index is 2.65. The van der Waals surface area contributed by atoms with Crippen LogP contribution in [-0.4, -0.2) is 42.1 Å². The Kier molecular flexibility index (Phi) is 5.17. The van der Waals surface area contributed by atoms with Crippen molar-refractivity contribution in [2.75, 3.05) is 20.2 Å². The summed E-state index contributed by atoms with van der Waals surface area (Å²) < 4.78 is 5.66. The zero-order valence-electron chi connectivity index (χ0n) is 13.6. The molecule has 1 aliphatic rings. The first-order valence-electron chi connectivity index (χ1n) is 7.64. The van der Waals surface area contributed by atoms with Crippen molar-refractivity contribution < 1.29 is 9.53 Å². The normalized spacial score (nSPS) is 24.0. The number of likely N-dealkylation sites (N-methyl/N-ethyl adjacent to an activating group) is 1. The van der Waals surface area contributed by atoms with Crippen LogP contribution in [0.15, 0.2) is 24.3 Å². The molecule has 0 bridgehead atoms. The smallest absolute Gasteiger partial charge is 0.222 e. The van der Waals surface area contributed by atoms with Gasteiger partial charge in [-0.3, -0.25) is 14.6 Å². The van der Waals surface area contributed by atoms with Gasteiger partial charge < -0.3 is 4.74 Å². The Bertz CT molecular complexity index is 578. The lowest BCUT2D eigenvalue weighted by atomic mass is 9.87.